The van der Waals surface area contributed by atoms with E-state index in [0.29, 0.717) is 14.8 Å². The molecule has 0 fully saturated rings. The summed E-state index contributed by atoms with van der Waals surface area (Å²) in [6, 6.07) is 1.75. The monoisotopic (exact) mass is 439 g/mol. The summed E-state index contributed by atoms with van der Waals surface area (Å²) in [5, 5.41) is 11.9. The third-order valence-corrected chi connectivity index (χ3v) is 8.65. The molecule has 1 aromatic heterocycles. The number of rotatable bonds is 10. The van der Waals surface area contributed by atoms with Gasteiger partial charge in [-0.25, -0.2) is 8.42 Å². The van der Waals surface area contributed by atoms with Crippen LogP contribution in [-0.2, 0) is 24.2 Å². The minimum absolute atomic E-state index is 0.0326. The lowest BCUT2D eigenvalue weighted by molar-refractivity contribution is -0.758. The highest BCUT2D eigenvalue weighted by atomic mass is 32.2. The lowest BCUT2D eigenvalue weighted by Gasteiger charge is -2.27. The van der Waals surface area contributed by atoms with Crippen molar-refractivity contribution in [1.82, 2.24) is 10.0 Å². The number of amides is 1. The molecule has 0 spiro atoms. The smallest absolute Gasteiger partial charge is 0.294 e. The first-order chi connectivity index (χ1) is 12.8. The Kier molecular flexibility index (Phi) is 7.85. The van der Waals surface area contributed by atoms with Crippen molar-refractivity contribution in [2.24, 2.45) is 0 Å². The molecule has 13 heteroatoms. The highest BCUT2D eigenvalue weighted by Crippen LogP contribution is 2.43. The molecular weight excluding hydrogens is 418 g/mol. The van der Waals surface area contributed by atoms with Gasteiger partial charge in [-0.3, -0.25) is 9.52 Å². The lowest BCUT2D eigenvalue weighted by atomic mass is 10.1. The molecule has 0 bridgehead atoms. The number of nitrogens with zero attached hydrogens (tertiary/aromatic N) is 1. The molecule has 10 nitrogen and oxygen atoms in total. The van der Waals surface area contributed by atoms with E-state index in [0.717, 1.165) is 35.4 Å². The van der Waals surface area contributed by atoms with Crippen LogP contribution in [0.2, 0.25) is 0 Å². The van der Waals surface area contributed by atoms with E-state index < -0.39 is 26.1 Å². The summed E-state index contributed by atoms with van der Waals surface area (Å²) >= 11 is 2.16. The first kappa shape index (κ1) is 21.9. The van der Waals surface area contributed by atoms with Gasteiger partial charge in [-0.15, -0.1) is 21.5 Å². The van der Waals surface area contributed by atoms with Gasteiger partial charge < -0.3 is 14.9 Å². The number of hydrogen-bond acceptors (Lipinski definition) is 10. The first-order valence-corrected chi connectivity index (χ1v) is 11.3. The van der Waals surface area contributed by atoms with Crippen LogP contribution in [0.3, 0.4) is 0 Å². The van der Waals surface area contributed by atoms with E-state index in [1.165, 1.54) is 0 Å². The van der Waals surface area contributed by atoms with E-state index in [2.05, 4.69) is 14.9 Å². The molecule has 1 amide bonds. The van der Waals surface area contributed by atoms with Crippen molar-refractivity contribution in [2.75, 3.05) is 26.4 Å². The molecule has 27 heavy (non-hydrogen) atoms. The molecule has 1 aliphatic rings. The number of sulfone groups is 1. The summed E-state index contributed by atoms with van der Waals surface area (Å²) in [5.41, 5.74) is 0.741. The van der Waals surface area contributed by atoms with Crippen LogP contribution in [0.25, 0.3) is 0 Å². The van der Waals surface area contributed by atoms with E-state index >= 15 is 0 Å². The van der Waals surface area contributed by atoms with Gasteiger partial charge in [0, 0.05) is 6.04 Å². The first-order valence-electron chi connectivity index (χ1n) is 8.17. The molecule has 0 aromatic carbocycles. The van der Waals surface area contributed by atoms with Crippen molar-refractivity contribution in [1.29, 1.82) is 0 Å². The predicted molar refractivity (Wildman–Crippen MR) is 99.8 cm³/mol. The molecule has 1 aromatic rings. The molecule has 0 saturated carbocycles. The van der Waals surface area contributed by atoms with Crippen molar-refractivity contribution >= 4 is 39.0 Å². The van der Waals surface area contributed by atoms with E-state index in [4.69, 9.17) is 4.74 Å². The van der Waals surface area contributed by atoms with Crippen LogP contribution < -0.4 is 10.0 Å². The predicted octanol–water partition coefficient (Wildman–Crippen LogP) is 1.31. The Labute approximate surface area is 165 Å². The minimum Gasteiger partial charge on any atom is -0.370 e. The quantitative estimate of drug-likeness (QED) is 0.239. The number of thiophene rings is 1. The molecule has 152 valence electrons. The largest absolute Gasteiger partial charge is 0.370 e. The average molecular weight is 440 g/mol. The van der Waals surface area contributed by atoms with Crippen molar-refractivity contribution in [3.63, 3.8) is 0 Å². The second-order valence-corrected chi connectivity index (χ2v) is 10.5. The van der Waals surface area contributed by atoms with E-state index in [-0.39, 0.29) is 25.9 Å². The van der Waals surface area contributed by atoms with Crippen LogP contribution in [0.5, 0.6) is 0 Å². The number of hydrogen-bond donors (Lipinski definition) is 2. The Morgan fingerprint density at radius 2 is 2.22 bits per heavy atom. The second-order valence-electron chi connectivity index (χ2n) is 5.75. The van der Waals surface area contributed by atoms with Crippen molar-refractivity contribution in [3.05, 3.63) is 21.7 Å². The highest BCUT2D eigenvalue weighted by Gasteiger charge is 2.38. The zero-order valence-corrected chi connectivity index (χ0v) is 17.2. The fraction of sp³-hybridized carbons (Fsp3) is 0.643. The minimum atomic E-state index is -3.36. The molecule has 2 atom stereocenters. The fourth-order valence-corrected chi connectivity index (χ4v) is 6.98. The van der Waals surface area contributed by atoms with Gasteiger partial charge in [-0.1, -0.05) is 6.92 Å². The van der Waals surface area contributed by atoms with Gasteiger partial charge in [0.05, 0.1) is 16.1 Å². The van der Waals surface area contributed by atoms with Crippen LogP contribution in [0.15, 0.2) is 14.5 Å². The number of carbonyl (C=O) groups is 1. The van der Waals surface area contributed by atoms with Gasteiger partial charge in [-0.2, -0.15) is 0 Å². The number of carbonyl (C=O) groups excluding carboxylic acids is 1. The van der Waals surface area contributed by atoms with Gasteiger partial charge >= 0.3 is 0 Å². The van der Waals surface area contributed by atoms with Gasteiger partial charge in [0.25, 0.3) is 11.0 Å². The Morgan fingerprint density at radius 3 is 2.89 bits per heavy atom. The molecule has 2 N–H and O–H groups in total. The lowest BCUT2D eigenvalue weighted by Crippen LogP contribution is -2.33. The second kappa shape index (κ2) is 9.68. The Hall–Kier alpha value is -1.41. The molecule has 2 rings (SSSR count). The third-order valence-electron chi connectivity index (χ3n) is 3.81. The molecule has 2 unspecified atom stereocenters. The maximum absolute atomic E-state index is 12.6. The molecule has 0 aliphatic carbocycles. The summed E-state index contributed by atoms with van der Waals surface area (Å²) in [4.78, 5) is 25.8. The number of ether oxygens (including phenoxy) is 1. The van der Waals surface area contributed by atoms with Gasteiger partial charge in [-0.05, 0) is 43.5 Å². The zero-order valence-electron chi connectivity index (χ0n) is 14.8. The molecule has 0 saturated heterocycles. The molecular formula is C14H21N3O7S3. The van der Waals surface area contributed by atoms with E-state index in [1.54, 1.807) is 13.0 Å². The Bertz CT molecular complexity index is 781. The summed E-state index contributed by atoms with van der Waals surface area (Å²) in [7, 11) is -3.36. The van der Waals surface area contributed by atoms with Crippen LogP contribution in [0.4, 0.5) is 0 Å². The summed E-state index contributed by atoms with van der Waals surface area (Å²) in [6.07, 6.45) is 0.510. The molecule has 2 heterocycles. The van der Waals surface area contributed by atoms with Gasteiger partial charge in [0.2, 0.25) is 0 Å². The fourth-order valence-electron chi connectivity index (χ4n) is 2.56. The highest BCUT2D eigenvalue weighted by molar-refractivity contribution is 8.00. The molecule has 1 aliphatic heterocycles. The Balaban J connectivity index is 1.92. The van der Waals surface area contributed by atoms with Gasteiger partial charge in [0.15, 0.2) is 9.84 Å². The van der Waals surface area contributed by atoms with Crippen molar-refractivity contribution < 1.29 is 27.9 Å². The average Bonchev–Trinajstić information content (AvgIpc) is 3.03. The van der Waals surface area contributed by atoms with E-state index in [1.807, 2.05) is 6.92 Å². The van der Waals surface area contributed by atoms with Crippen molar-refractivity contribution in [3.8, 4) is 0 Å². The normalized spacial score (nSPS) is 20.7. The summed E-state index contributed by atoms with van der Waals surface area (Å²) in [6.45, 7) is 3.76. The maximum Gasteiger partial charge on any atom is 0.294 e. The summed E-state index contributed by atoms with van der Waals surface area (Å²) in [5.74, 6) is -0.438. The topological polar surface area (TPSA) is 137 Å². The molecule has 0 radical (unpaired) electrons. The standard InChI is InChI=1S/C14H21N3O7S3/c1-3-15-11-6-9(2)27(21,22)14-10(11)7-13(25-14)26-16-12(18)8-23-4-5-24-17(19)20/h7,9,11,15H,3-6,8H2,1-2H3,(H,16,18). The third kappa shape index (κ3) is 5.78. The van der Waals surface area contributed by atoms with Crippen molar-refractivity contribution in [2.45, 2.75) is 40.0 Å². The van der Waals surface area contributed by atoms with E-state index in [9.17, 15) is 23.3 Å². The van der Waals surface area contributed by atoms with Gasteiger partial charge in [0.1, 0.15) is 17.4 Å². The Morgan fingerprint density at radius 1 is 1.48 bits per heavy atom. The van der Waals surface area contributed by atoms with Crippen LogP contribution in [-0.4, -0.2) is 51.0 Å². The maximum atomic E-state index is 12.6. The summed E-state index contributed by atoms with van der Waals surface area (Å²) < 4.78 is 33.6. The van der Waals surface area contributed by atoms with Crippen LogP contribution in [0, 0.1) is 10.1 Å². The SMILES string of the molecule is CCNC1CC(C)S(=O)(=O)c2sc(SNC(=O)COCCO[N+](=O)[O-])cc21. The number of nitrogens with one attached hydrogen (secondary N) is 2. The van der Waals surface area contributed by atoms with Crippen LogP contribution >= 0.6 is 23.3 Å². The zero-order chi connectivity index (χ0) is 20.0. The number of fused-ring (bicyclic) bond motifs is 1. The van der Waals surface area contributed by atoms with Crippen LogP contribution in [0.1, 0.15) is 31.9 Å².